The van der Waals surface area contributed by atoms with E-state index in [4.69, 9.17) is 4.52 Å². The summed E-state index contributed by atoms with van der Waals surface area (Å²) in [6.07, 6.45) is -0.333. The number of aliphatic hydroxyl groups excluding tert-OH is 1. The van der Waals surface area contributed by atoms with Crippen LogP contribution in [0.1, 0.15) is 37.2 Å². The number of amides is 2. The fourth-order valence-electron chi connectivity index (χ4n) is 2.71. The molecule has 24 heavy (non-hydrogen) atoms. The van der Waals surface area contributed by atoms with Gasteiger partial charge >= 0.3 is 0 Å². The number of aliphatic hydroxyl groups is 1. The van der Waals surface area contributed by atoms with Crippen LogP contribution in [0.25, 0.3) is 0 Å². The Morgan fingerprint density at radius 2 is 2.21 bits per heavy atom. The largest absolute Gasteiger partial charge is 0.389 e. The summed E-state index contributed by atoms with van der Waals surface area (Å²) in [5.41, 5.74) is 0.187. The molecule has 3 rings (SSSR count). The van der Waals surface area contributed by atoms with Crippen LogP contribution in [0.4, 0.5) is 0 Å². The van der Waals surface area contributed by atoms with Gasteiger partial charge in [0.2, 0.25) is 0 Å². The average Bonchev–Trinajstić information content (AvgIpc) is 3.17. The number of nitrogens with zero attached hydrogens (tertiary/aromatic N) is 2. The number of β-amino-alcohol motifs (C(OH)–C–C–N with tert-alkyl or cyclic N) is 1. The maximum atomic E-state index is 12.4. The number of thiophene rings is 1. The van der Waals surface area contributed by atoms with Gasteiger partial charge in [-0.1, -0.05) is 5.16 Å². The molecule has 2 N–H and O–H groups in total. The second kappa shape index (κ2) is 6.74. The van der Waals surface area contributed by atoms with Crippen molar-refractivity contribution in [1.82, 2.24) is 15.4 Å². The molecule has 2 amide bonds. The minimum atomic E-state index is -0.819. The van der Waals surface area contributed by atoms with E-state index in [0.29, 0.717) is 23.6 Å². The minimum absolute atomic E-state index is 0.0796. The minimum Gasteiger partial charge on any atom is -0.389 e. The van der Waals surface area contributed by atoms with Crippen molar-refractivity contribution in [3.05, 3.63) is 39.4 Å². The lowest BCUT2D eigenvalue weighted by Gasteiger charge is -2.35. The van der Waals surface area contributed by atoms with Crippen molar-refractivity contribution in [2.75, 3.05) is 13.1 Å². The Bertz CT molecular complexity index is 754. The summed E-state index contributed by atoms with van der Waals surface area (Å²) in [6, 6.07) is 4.83. The van der Waals surface area contributed by atoms with Crippen molar-refractivity contribution in [2.24, 2.45) is 0 Å². The van der Waals surface area contributed by atoms with Gasteiger partial charge in [0, 0.05) is 24.0 Å². The van der Waals surface area contributed by atoms with Crippen LogP contribution < -0.4 is 5.32 Å². The first kappa shape index (κ1) is 16.7. The van der Waals surface area contributed by atoms with Crippen LogP contribution in [0.5, 0.6) is 0 Å². The third kappa shape index (κ3) is 3.49. The summed E-state index contributed by atoms with van der Waals surface area (Å²) in [6.45, 7) is 4.33. The number of piperidine rings is 1. The highest BCUT2D eigenvalue weighted by molar-refractivity contribution is 7.13. The Balaban J connectivity index is 1.59. The zero-order valence-corrected chi connectivity index (χ0v) is 14.3. The molecule has 1 aliphatic rings. The highest BCUT2D eigenvalue weighted by atomic mass is 32.1. The van der Waals surface area contributed by atoms with Gasteiger partial charge in [-0.05, 0) is 32.4 Å². The van der Waals surface area contributed by atoms with Gasteiger partial charge in [0.15, 0.2) is 5.69 Å². The van der Waals surface area contributed by atoms with Crippen molar-refractivity contribution in [1.29, 1.82) is 0 Å². The number of rotatable bonds is 3. The summed E-state index contributed by atoms with van der Waals surface area (Å²) >= 11 is 1.44. The van der Waals surface area contributed by atoms with E-state index in [1.807, 2.05) is 13.0 Å². The monoisotopic (exact) mass is 349 g/mol. The summed E-state index contributed by atoms with van der Waals surface area (Å²) in [5.74, 6) is 0.0842. The Hall–Kier alpha value is -2.19. The first-order valence-corrected chi connectivity index (χ1v) is 8.53. The fourth-order valence-corrected chi connectivity index (χ4v) is 3.54. The summed E-state index contributed by atoms with van der Waals surface area (Å²) in [5, 5.41) is 16.7. The van der Waals surface area contributed by atoms with Crippen molar-refractivity contribution in [2.45, 2.75) is 32.4 Å². The SMILES string of the molecule is Cc1cc(C(=O)N[C@@H]2CCN(C(=O)c3ccc(C)s3)C[C@H]2O)no1. The molecule has 0 bridgehead atoms. The van der Waals surface area contributed by atoms with Gasteiger partial charge in [-0.15, -0.1) is 11.3 Å². The Morgan fingerprint density at radius 3 is 2.79 bits per heavy atom. The Kier molecular flexibility index (Phi) is 4.68. The molecule has 0 unspecified atom stereocenters. The molecule has 2 aromatic heterocycles. The molecule has 0 aliphatic carbocycles. The normalized spacial score (nSPS) is 20.9. The second-order valence-corrected chi connectivity index (χ2v) is 7.21. The topological polar surface area (TPSA) is 95.7 Å². The molecule has 7 nitrogen and oxygen atoms in total. The van der Waals surface area contributed by atoms with Gasteiger partial charge in [-0.2, -0.15) is 0 Å². The highest BCUT2D eigenvalue weighted by Crippen LogP contribution is 2.20. The van der Waals surface area contributed by atoms with E-state index in [0.717, 1.165) is 4.88 Å². The molecule has 128 valence electrons. The van der Waals surface area contributed by atoms with E-state index in [9.17, 15) is 14.7 Å². The third-order valence-electron chi connectivity index (χ3n) is 4.00. The van der Waals surface area contributed by atoms with Crippen LogP contribution in [0.3, 0.4) is 0 Å². The van der Waals surface area contributed by atoms with Gasteiger partial charge in [0.1, 0.15) is 5.76 Å². The van der Waals surface area contributed by atoms with Crippen molar-refractivity contribution >= 4 is 23.2 Å². The maximum absolute atomic E-state index is 12.4. The maximum Gasteiger partial charge on any atom is 0.273 e. The summed E-state index contributed by atoms with van der Waals surface area (Å²) in [4.78, 5) is 27.9. The lowest BCUT2D eigenvalue weighted by molar-refractivity contribution is 0.0316. The van der Waals surface area contributed by atoms with Gasteiger partial charge in [-0.3, -0.25) is 9.59 Å². The standard InChI is InChI=1S/C16H19N3O4S/c1-9-7-12(18-23-9)15(21)17-11-5-6-19(8-13(11)20)16(22)14-4-3-10(2)24-14/h3-4,7,11,13,20H,5-6,8H2,1-2H3,(H,17,21)/t11-,13-/m1/s1. The average molecular weight is 349 g/mol. The quantitative estimate of drug-likeness (QED) is 0.872. The van der Waals surface area contributed by atoms with E-state index < -0.39 is 12.1 Å². The van der Waals surface area contributed by atoms with Crippen LogP contribution in [-0.2, 0) is 0 Å². The summed E-state index contributed by atoms with van der Waals surface area (Å²) < 4.78 is 4.88. The van der Waals surface area contributed by atoms with E-state index in [2.05, 4.69) is 10.5 Å². The van der Waals surface area contributed by atoms with E-state index in [-0.39, 0.29) is 24.1 Å². The Morgan fingerprint density at radius 1 is 1.42 bits per heavy atom. The molecular formula is C16H19N3O4S. The van der Waals surface area contributed by atoms with Gasteiger partial charge in [0.25, 0.3) is 11.8 Å². The molecule has 1 saturated heterocycles. The molecule has 0 aromatic carbocycles. The van der Waals surface area contributed by atoms with Gasteiger partial charge < -0.3 is 19.8 Å². The zero-order chi connectivity index (χ0) is 17.3. The number of carbonyl (C=O) groups excluding carboxylic acids is 2. The molecule has 0 spiro atoms. The van der Waals surface area contributed by atoms with Crippen LogP contribution >= 0.6 is 11.3 Å². The third-order valence-corrected chi connectivity index (χ3v) is 4.99. The lowest BCUT2D eigenvalue weighted by Crippen LogP contribution is -2.55. The molecule has 2 aromatic rings. The molecule has 8 heteroatoms. The van der Waals surface area contributed by atoms with Crippen LogP contribution in [-0.4, -0.2) is 52.2 Å². The number of hydrogen-bond donors (Lipinski definition) is 2. The smallest absolute Gasteiger partial charge is 0.273 e. The van der Waals surface area contributed by atoms with E-state index in [1.54, 1.807) is 24.0 Å². The van der Waals surface area contributed by atoms with Crippen LogP contribution in [0, 0.1) is 13.8 Å². The first-order valence-electron chi connectivity index (χ1n) is 7.72. The number of carbonyl (C=O) groups is 2. The molecule has 0 radical (unpaired) electrons. The molecule has 3 heterocycles. The van der Waals surface area contributed by atoms with E-state index in [1.165, 1.54) is 11.3 Å². The fraction of sp³-hybridized carbons (Fsp3) is 0.438. The zero-order valence-electron chi connectivity index (χ0n) is 13.5. The number of nitrogens with one attached hydrogen (secondary N) is 1. The molecular weight excluding hydrogens is 330 g/mol. The number of aryl methyl sites for hydroxylation is 2. The summed E-state index contributed by atoms with van der Waals surface area (Å²) in [7, 11) is 0. The first-order chi connectivity index (χ1) is 11.4. The van der Waals surface area contributed by atoms with Crippen molar-refractivity contribution < 1.29 is 19.2 Å². The number of likely N-dealkylation sites (tertiary alicyclic amines) is 1. The van der Waals surface area contributed by atoms with Crippen LogP contribution in [0.15, 0.2) is 22.7 Å². The number of aromatic nitrogens is 1. The lowest BCUT2D eigenvalue weighted by atomic mass is 10.0. The Labute approximate surface area is 143 Å². The van der Waals surface area contributed by atoms with E-state index >= 15 is 0 Å². The molecule has 1 aliphatic heterocycles. The predicted molar refractivity (Wildman–Crippen MR) is 88.1 cm³/mol. The van der Waals surface area contributed by atoms with Crippen molar-refractivity contribution in [3.8, 4) is 0 Å². The van der Waals surface area contributed by atoms with Gasteiger partial charge in [-0.25, -0.2) is 0 Å². The number of hydrogen-bond acceptors (Lipinski definition) is 6. The molecule has 0 saturated carbocycles. The van der Waals surface area contributed by atoms with Gasteiger partial charge in [0.05, 0.1) is 17.0 Å². The molecule has 2 atom stereocenters. The second-order valence-electron chi connectivity index (χ2n) is 5.92. The highest BCUT2D eigenvalue weighted by Gasteiger charge is 2.32. The molecule has 1 fully saturated rings. The van der Waals surface area contributed by atoms with Crippen molar-refractivity contribution in [3.63, 3.8) is 0 Å². The van der Waals surface area contributed by atoms with Crippen LogP contribution in [0.2, 0.25) is 0 Å². The predicted octanol–water partition coefficient (Wildman–Crippen LogP) is 1.36.